The molecule has 6 nitrogen and oxygen atoms in total. The molecule has 0 spiro atoms. The van der Waals surface area contributed by atoms with Crippen LogP contribution in [0.2, 0.25) is 0 Å². The van der Waals surface area contributed by atoms with Crippen molar-refractivity contribution in [2.75, 3.05) is 13.2 Å². The second-order valence-corrected chi connectivity index (χ2v) is 19.5. The monoisotopic (exact) mass is 1050 g/mol. The maximum absolute atomic E-state index is 12.9. The summed E-state index contributed by atoms with van der Waals surface area (Å²) < 4.78 is 16.8. The summed E-state index contributed by atoms with van der Waals surface area (Å²) in [4.78, 5) is 38.3. The van der Waals surface area contributed by atoms with Crippen LogP contribution in [-0.4, -0.2) is 37.2 Å². The first-order valence-electron chi connectivity index (χ1n) is 30.5. The van der Waals surface area contributed by atoms with Crippen LogP contribution in [-0.2, 0) is 28.6 Å². The van der Waals surface area contributed by atoms with Crippen molar-refractivity contribution in [2.45, 2.75) is 252 Å². The summed E-state index contributed by atoms with van der Waals surface area (Å²) in [6.07, 6.45) is 90.9. The molecule has 0 aliphatic carbocycles. The van der Waals surface area contributed by atoms with Gasteiger partial charge in [-0.05, 0) is 141 Å². The van der Waals surface area contributed by atoms with E-state index >= 15 is 0 Å². The van der Waals surface area contributed by atoms with E-state index in [-0.39, 0.29) is 31.1 Å². The topological polar surface area (TPSA) is 78.9 Å². The molecule has 1 atom stereocenters. The molecule has 0 aromatic heterocycles. The number of carbonyl (C=O) groups is 3. The summed E-state index contributed by atoms with van der Waals surface area (Å²) in [5, 5.41) is 0. The average Bonchev–Trinajstić information content (AvgIpc) is 3.42. The quantitative estimate of drug-likeness (QED) is 0.0261. The fraction of sp³-hybridized carbons (Fsp3) is 0.586. The highest BCUT2D eigenvalue weighted by atomic mass is 16.6. The molecule has 0 saturated heterocycles. The van der Waals surface area contributed by atoms with E-state index in [1.165, 1.54) is 32.1 Å². The summed E-state index contributed by atoms with van der Waals surface area (Å²) in [5.74, 6) is -0.975. The van der Waals surface area contributed by atoms with Crippen LogP contribution in [0, 0.1) is 0 Å². The summed E-state index contributed by atoms with van der Waals surface area (Å²) in [7, 11) is 0. The van der Waals surface area contributed by atoms with Gasteiger partial charge in [0.15, 0.2) is 6.10 Å². The average molecular weight is 1050 g/mol. The van der Waals surface area contributed by atoms with Crippen LogP contribution >= 0.6 is 0 Å². The molecule has 0 aliphatic heterocycles. The van der Waals surface area contributed by atoms with Gasteiger partial charge in [-0.1, -0.05) is 243 Å². The molecule has 76 heavy (non-hydrogen) atoms. The van der Waals surface area contributed by atoms with E-state index in [1.54, 1.807) is 0 Å². The van der Waals surface area contributed by atoms with Crippen molar-refractivity contribution < 1.29 is 28.6 Å². The lowest BCUT2D eigenvalue weighted by molar-refractivity contribution is -0.167. The summed E-state index contributed by atoms with van der Waals surface area (Å²) in [5.41, 5.74) is 0. The lowest BCUT2D eigenvalue weighted by Crippen LogP contribution is -2.30. The predicted octanol–water partition coefficient (Wildman–Crippen LogP) is 20.9. The van der Waals surface area contributed by atoms with E-state index in [0.29, 0.717) is 19.3 Å². The van der Waals surface area contributed by atoms with Gasteiger partial charge in [0.1, 0.15) is 13.2 Å². The van der Waals surface area contributed by atoms with Gasteiger partial charge in [0.2, 0.25) is 0 Å². The number of ether oxygens (including phenoxy) is 3. The van der Waals surface area contributed by atoms with Crippen LogP contribution < -0.4 is 0 Å². The Kier molecular flexibility index (Phi) is 58.5. The van der Waals surface area contributed by atoms with Crippen LogP contribution in [0.25, 0.3) is 0 Å². The zero-order valence-electron chi connectivity index (χ0n) is 48.7. The number of hydrogen-bond acceptors (Lipinski definition) is 6. The molecule has 0 aromatic carbocycles. The van der Waals surface area contributed by atoms with Crippen molar-refractivity contribution in [3.8, 4) is 0 Å². The third-order valence-corrected chi connectivity index (χ3v) is 12.2. The van der Waals surface area contributed by atoms with Crippen LogP contribution in [0.3, 0.4) is 0 Å². The van der Waals surface area contributed by atoms with Crippen LogP contribution in [0.5, 0.6) is 0 Å². The maximum Gasteiger partial charge on any atom is 0.306 e. The van der Waals surface area contributed by atoms with E-state index in [1.807, 2.05) is 0 Å². The molecular weight excluding hydrogens is 937 g/mol. The smallest absolute Gasteiger partial charge is 0.306 e. The first-order valence-corrected chi connectivity index (χ1v) is 30.5. The molecular formula is C70H110O6. The van der Waals surface area contributed by atoms with E-state index in [0.717, 1.165) is 173 Å². The molecule has 0 radical (unpaired) electrons. The standard InChI is InChI=1S/C70H110O6/c1-4-7-10-13-16-19-22-25-28-30-32-33-34-35-36-37-39-40-42-45-48-51-54-57-60-63-69(72)75-66-67(65-74-68(71)62-59-56-53-50-47-44-27-24-21-18-15-12-9-6-3)76-70(73)64-61-58-55-52-49-46-43-41-38-31-29-26-23-20-17-14-11-8-5-2/h7-8,10-11,15-20,24-29,32-33,35-36,38-41,45,48,67H,4-6,9,12-14,21-23,30-31,34,37,42-44,46-47,49-66H2,1-3H3/b10-7-,11-8-,18-15-,19-16-,20-17-,27-24-,28-25-,29-26-,33-32-,36-35-,40-39-,41-38-,48-45-. The van der Waals surface area contributed by atoms with E-state index in [4.69, 9.17) is 14.2 Å². The first kappa shape index (κ1) is 71.0. The molecule has 0 aromatic rings. The lowest BCUT2D eigenvalue weighted by atomic mass is 10.1. The second-order valence-electron chi connectivity index (χ2n) is 19.5. The van der Waals surface area contributed by atoms with Gasteiger partial charge in [0.05, 0.1) is 0 Å². The van der Waals surface area contributed by atoms with Crippen molar-refractivity contribution in [3.63, 3.8) is 0 Å². The largest absolute Gasteiger partial charge is 0.462 e. The first-order chi connectivity index (χ1) is 37.5. The van der Waals surface area contributed by atoms with Gasteiger partial charge in [0.25, 0.3) is 0 Å². The number of esters is 3. The molecule has 0 aliphatic rings. The van der Waals surface area contributed by atoms with E-state index < -0.39 is 6.10 Å². The Labute approximate surface area is 467 Å². The fourth-order valence-electron chi connectivity index (χ4n) is 7.72. The molecule has 6 heteroatoms. The van der Waals surface area contributed by atoms with Gasteiger partial charge >= 0.3 is 17.9 Å². The predicted molar refractivity (Wildman–Crippen MR) is 329 cm³/mol. The van der Waals surface area contributed by atoms with E-state index in [9.17, 15) is 14.4 Å². The van der Waals surface area contributed by atoms with Crippen LogP contribution in [0.4, 0.5) is 0 Å². The third-order valence-electron chi connectivity index (χ3n) is 12.2. The SMILES string of the molecule is CC/C=C\C/C=C\C/C=C\C/C=C\C/C=C\C/C=C\C/C=C\CCCCCC(=O)OCC(COC(=O)CCCCCCC/C=C\C/C=C\CCCC)OC(=O)CCCCCCCC/C=C\C/C=C\C/C=C\C/C=C\CC. The van der Waals surface area contributed by atoms with Gasteiger partial charge < -0.3 is 14.2 Å². The van der Waals surface area contributed by atoms with Crippen LogP contribution in [0.15, 0.2) is 158 Å². The number of unbranched alkanes of at least 4 members (excludes halogenated alkanes) is 16. The minimum atomic E-state index is -0.815. The minimum Gasteiger partial charge on any atom is -0.462 e. The summed E-state index contributed by atoms with van der Waals surface area (Å²) >= 11 is 0. The Hall–Kier alpha value is -4.97. The van der Waals surface area contributed by atoms with Crippen molar-refractivity contribution >= 4 is 17.9 Å². The van der Waals surface area contributed by atoms with Crippen LogP contribution in [0.1, 0.15) is 245 Å². The minimum absolute atomic E-state index is 0.109. The van der Waals surface area contributed by atoms with Gasteiger partial charge in [0, 0.05) is 19.3 Å². The maximum atomic E-state index is 12.9. The molecule has 0 heterocycles. The van der Waals surface area contributed by atoms with Crippen molar-refractivity contribution in [3.05, 3.63) is 158 Å². The van der Waals surface area contributed by atoms with E-state index in [2.05, 4.69) is 179 Å². The number of rotatable bonds is 53. The fourth-order valence-corrected chi connectivity index (χ4v) is 7.72. The Morgan fingerprint density at radius 2 is 0.513 bits per heavy atom. The molecule has 426 valence electrons. The molecule has 0 N–H and O–H groups in total. The molecule has 0 saturated carbocycles. The van der Waals surface area contributed by atoms with Crippen molar-refractivity contribution in [1.82, 2.24) is 0 Å². The number of hydrogen-bond donors (Lipinski definition) is 0. The Balaban J connectivity index is 4.50. The lowest BCUT2D eigenvalue weighted by Gasteiger charge is -2.18. The zero-order chi connectivity index (χ0) is 55.0. The molecule has 0 fully saturated rings. The Morgan fingerprint density at radius 1 is 0.276 bits per heavy atom. The zero-order valence-corrected chi connectivity index (χ0v) is 48.7. The molecule has 1 unspecified atom stereocenters. The molecule has 0 bridgehead atoms. The third kappa shape index (κ3) is 59.9. The van der Waals surface area contributed by atoms with Gasteiger partial charge in [-0.3, -0.25) is 14.4 Å². The Bertz CT molecular complexity index is 1720. The highest BCUT2D eigenvalue weighted by Gasteiger charge is 2.19. The highest BCUT2D eigenvalue weighted by molar-refractivity contribution is 5.71. The summed E-state index contributed by atoms with van der Waals surface area (Å²) in [6.45, 7) is 6.31. The molecule has 0 amide bonds. The molecule has 0 rings (SSSR count). The van der Waals surface area contributed by atoms with Crippen molar-refractivity contribution in [1.29, 1.82) is 0 Å². The highest BCUT2D eigenvalue weighted by Crippen LogP contribution is 2.13. The summed E-state index contributed by atoms with van der Waals surface area (Å²) in [6, 6.07) is 0. The van der Waals surface area contributed by atoms with Crippen molar-refractivity contribution in [2.24, 2.45) is 0 Å². The second kappa shape index (κ2) is 62.6. The van der Waals surface area contributed by atoms with Gasteiger partial charge in [-0.25, -0.2) is 0 Å². The van der Waals surface area contributed by atoms with Gasteiger partial charge in [-0.2, -0.15) is 0 Å². The number of allylic oxidation sites excluding steroid dienone is 26. The van der Waals surface area contributed by atoms with Gasteiger partial charge in [-0.15, -0.1) is 0 Å². The Morgan fingerprint density at radius 3 is 0.816 bits per heavy atom. The normalized spacial score (nSPS) is 13.2. The number of carbonyl (C=O) groups excluding carboxylic acids is 3.